The van der Waals surface area contributed by atoms with Crippen LogP contribution in [0.4, 0.5) is 0 Å². The Hall–Kier alpha value is -1.39. The maximum absolute atomic E-state index is 11.5. The van der Waals surface area contributed by atoms with E-state index >= 15 is 0 Å². The monoisotopic (exact) mass is 221 g/mol. The zero-order valence-corrected chi connectivity index (χ0v) is 9.00. The van der Waals surface area contributed by atoms with Crippen molar-refractivity contribution >= 4 is 5.91 Å². The molecule has 1 aromatic rings. The van der Waals surface area contributed by atoms with Gasteiger partial charge in [0.1, 0.15) is 6.61 Å². The Labute approximate surface area is 94.4 Å². The first-order valence-electron chi connectivity index (χ1n) is 5.36. The van der Waals surface area contributed by atoms with Crippen LogP contribution in [0.25, 0.3) is 0 Å². The number of ether oxygens (including phenoxy) is 1. The molecule has 0 radical (unpaired) electrons. The second kappa shape index (κ2) is 5.09. The van der Waals surface area contributed by atoms with Gasteiger partial charge in [-0.3, -0.25) is 4.79 Å². The molecule has 1 aromatic carbocycles. The average Bonchev–Trinajstić information content (AvgIpc) is 2.33. The topological polar surface area (TPSA) is 49.8 Å². The molecule has 0 aromatic heterocycles. The van der Waals surface area contributed by atoms with Crippen molar-refractivity contribution in [2.45, 2.75) is 6.10 Å². The fourth-order valence-corrected chi connectivity index (χ4v) is 1.73. The number of hydrogen-bond acceptors (Lipinski definition) is 3. The molecule has 1 heterocycles. The van der Waals surface area contributed by atoms with E-state index in [0.29, 0.717) is 19.7 Å². The molecule has 1 N–H and O–H groups in total. The van der Waals surface area contributed by atoms with Gasteiger partial charge in [0.25, 0.3) is 0 Å². The van der Waals surface area contributed by atoms with Crippen molar-refractivity contribution in [3.8, 4) is 0 Å². The molecule has 0 saturated carbocycles. The van der Waals surface area contributed by atoms with E-state index in [1.54, 1.807) is 4.90 Å². The van der Waals surface area contributed by atoms with Gasteiger partial charge in [-0.1, -0.05) is 30.3 Å². The number of rotatable bonds is 3. The second-order valence-electron chi connectivity index (χ2n) is 3.82. The molecular formula is C12H15NO3. The molecule has 16 heavy (non-hydrogen) atoms. The first-order valence-corrected chi connectivity index (χ1v) is 5.36. The zero-order valence-electron chi connectivity index (χ0n) is 9.00. The predicted molar refractivity (Wildman–Crippen MR) is 58.8 cm³/mol. The molecule has 1 fully saturated rings. The average molecular weight is 221 g/mol. The third kappa shape index (κ3) is 2.59. The Morgan fingerprint density at radius 1 is 1.38 bits per heavy atom. The van der Waals surface area contributed by atoms with Gasteiger partial charge < -0.3 is 14.7 Å². The lowest BCUT2D eigenvalue weighted by molar-refractivity contribution is -0.144. The van der Waals surface area contributed by atoms with Gasteiger partial charge in [-0.05, 0) is 5.56 Å². The molecule has 4 heteroatoms. The number of amides is 1. The van der Waals surface area contributed by atoms with Crippen LogP contribution in [0, 0.1) is 0 Å². The number of nitrogens with zero attached hydrogens (tertiary/aromatic N) is 1. The summed E-state index contributed by atoms with van der Waals surface area (Å²) >= 11 is 0. The molecule has 1 unspecified atom stereocenters. The van der Waals surface area contributed by atoms with Gasteiger partial charge in [-0.2, -0.15) is 0 Å². The highest BCUT2D eigenvalue weighted by Crippen LogP contribution is 2.14. The van der Waals surface area contributed by atoms with Gasteiger partial charge in [0.15, 0.2) is 0 Å². The van der Waals surface area contributed by atoms with Crippen LogP contribution in [-0.4, -0.2) is 42.2 Å². The summed E-state index contributed by atoms with van der Waals surface area (Å²) in [5.74, 6) is -0.0544. The van der Waals surface area contributed by atoms with Crippen molar-refractivity contribution in [2.75, 3.05) is 26.3 Å². The van der Waals surface area contributed by atoms with E-state index in [9.17, 15) is 9.90 Å². The van der Waals surface area contributed by atoms with Gasteiger partial charge in [-0.25, -0.2) is 0 Å². The highest BCUT2D eigenvalue weighted by atomic mass is 16.5. The Morgan fingerprint density at radius 2 is 2.12 bits per heavy atom. The SMILES string of the molecule is O=C1COCCN1CC(O)c1ccccc1. The van der Waals surface area contributed by atoms with E-state index in [0.717, 1.165) is 5.56 Å². The minimum atomic E-state index is -0.622. The maximum Gasteiger partial charge on any atom is 0.248 e. The molecular weight excluding hydrogens is 206 g/mol. The number of carbonyl (C=O) groups excluding carboxylic acids is 1. The van der Waals surface area contributed by atoms with Crippen LogP contribution in [0.2, 0.25) is 0 Å². The molecule has 1 saturated heterocycles. The van der Waals surface area contributed by atoms with E-state index in [1.807, 2.05) is 30.3 Å². The van der Waals surface area contributed by atoms with Crippen molar-refractivity contribution < 1.29 is 14.6 Å². The normalized spacial score (nSPS) is 18.6. The summed E-state index contributed by atoms with van der Waals surface area (Å²) in [4.78, 5) is 13.1. The molecule has 2 rings (SSSR count). The molecule has 1 aliphatic rings. The zero-order chi connectivity index (χ0) is 11.4. The summed E-state index contributed by atoms with van der Waals surface area (Å²) < 4.78 is 5.03. The number of aliphatic hydroxyl groups excluding tert-OH is 1. The van der Waals surface area contributed by atoms with Gasteiger partial charge in [0.2, 0.25) is 5.91 Å². The lowest BCUT2D eigenvalue weighted by Gasteiger charge is -2.28. The van der Waals surface area contributed by atoms with Crippen LogP contribution in [-0.2, 0) is 9.53 Å². The molecule has 86 valence electrons. The van der Waals surface area contributed by atoms with Crippen LogP contribution in [0.15, 0.2) is 30.3 Å². The number of β-amino-alcohol motifs (C(OH)–C–C–N with tert-alkyl or cyclic N) is 1. The van der Waals surface area contributed by atoms with Crippen molar-refractivity contribution in [1.29, 1.82) is 0 Å². The van der Waals surface area contributed by atoms with E-state index in [-0.39, 0.29) is 12.5 Å². The number of aliphatic hydroxyl groups is 1. The minimum Gasteiger partial charge on any atom is -0.387 e. The van der Waals surface area contributed by atoms with E-state index in [1.165, 1.54) is 0 Å². The first kappa shape index (κ1) is 11.1. The summed E-state index contributed by atoms with van der Waals surface area (Å²) in [5.41, 5.74) is 0.835. The highest BCUT2D eigenvalue weighted by molar-refractivity contribution is 5.78. The summed E-state index contributed by atoms with van der Waals surface area (Å²) in [5, 5.41) is 9.96. The lowest BCUT2D eigenvalue weighted by atomic mass is 10.1. The maximum atomic E-state index is 11.5. The molecule has 1 amide bonds. The quantitative estimate of drug-likeness (QED) is 0.812. The van der Waals surface area contributed by atoms with Crippen molar-refractivity contribution in [1.82, 2.24) is 4.90 Å². The van der Waals surface area contributed by atoms with Crippen LogP contribution in [0.5, 0.6) is 0 Å². The van der Waals surface area contributed by atoms with Crippen molar-refractivity contribution in [3.63, 3.8) is 0 Å². The van der Waals surface area contributed by atoms with E-state index in [4.69, 9.17) is 4.74 Å². The van der Waals surface area contributed by atoms with Crippen molar-refractivity contribution in [3.05, 3.63) is 35.9 Å². The van der Waals surface area contributed by atoms with E-state index < -0.39 is 6.10 Å². The summed E-state index contributed by atoms with van der Waals surface area (Å²) in [6.45, 7) is 1.57. The highest BCUT2D eigenvalue weighted by Gasteiger charge is 2.21. The fourth-order valence-electron chi connectivity index (χ4n) is 1.73. The summed E-state index contributed by atoms with van der Waals surface area (Å²) in [6.07, 6.45) is -0.622. The lowest BCUT2D eigenvalue weighted by Crippen LogP contribution is -2.43. The number of benzene rings is 1. The molecule has 0 bridgehead atoms. The smallest absolute Gasteiger partial charge is 0.248 e. The Bertz CT molecular complexity index is 353. The Balaban J connectivity index is 1.96. The van der Waals surface area contributed by atoms with Crippen LogP contribution >= 0.6 is 0 Å². The van der Waals surface area contributed by atoms with Crippen LogP contribution in [0.3, 0.4) is 0 Å². The minimum absolute atomic E-state index is 0.0544. The fraction of sp³-hybridized carbons (Fsp3) is 0.417. The molecule has 4 nitrogen and oxygen atoms in total. The predicted octanol–water partition coefficient (Wildman–Crippen LogP) is 0.579. The summed E-state index contributed by atoms with van der Waals surface area (Å²) in [6, 6.07) is 9.36. The van der Waals surface area contributed by atoms with Gasteiger partial charge in [0, 0.05) is 6.54 Å². The van der Waals surface area contributed by atoms with Gasteiger partial charge in [0.05, 0.1) is 19.3 Å². The molecule has 1 aliphatic heterocycles. The standard InChI is InChI=1S/C12H15NO3/c14-11(10-4-2-1-3-5-10)8-13-6-7-16-9-12(13)15/h1-5,11,14H,6-9H2. The van der Waals surface area contributed by atoms with Crippen LogP contribution < -0.4 is 0 Å². The number of morpholine rings is 1. The molecule has 0 spiro atoms. The van der Waals surface area contributed by atoms with E-state index in [2.05, 4.69) is 0 Å². The van der Waals surface area contributed by atoms with Gasteiger partial charge in [-0.15, -0.1) is 0 Å². The van der Waals surface area contributed by atoms with Crippen molar-refractivity contribution in [2.24, 2.45) is 0 Å². The molecule has 1 atom stereocenters. The largest absolute Gasteiger partial charge is 0.387 e. The number of hydrogen-bond donors (Lipinski definition) is 1. The first-order chi connectivity index (χ1) is 7.77. The van der Waals surface area contributed by atoms with Crippen LogP contribution in [0.1, 0.15) is 11.7 Å². The molecule has 0 aliphatic carbocycles. The third-order valence-electron chi connectivity index (χ3n) is 2.66. The Morgan fingerprint density at radius 3 is 2.81 bits per heavy atom. The van der Waals surface area contributed by atoms with Gasteiger partial charge >= 0.3 is 0 Å². The Kier molecular flexibility index (Phi) is 3.54. The number of carbonyl (C=O) groups is 1. The second-order valence-corrected chi connectivity index (χ2v) is 3.82. The third-order valence-corrected chi connectivity index (χ3v) is 2.66. The summed E-state index contributed by atoms with van der Waals surface area (Å²) in [7, 11) is 0.